The summed E-state index contributed by atoms with van der Waals surface area (Å²) in [7, 11) is 0. The van der Waals surface area contributed by atoms with Crippen LogP contribution in [0.2, 0.25) is 0 Å². The summed E-state index contributed by atoms with van der Waals surface area (Å²) in [6, 6.07) is -0.665. The maximum absolute atomic E-state index is 10.6. The van der Waals surface area contributed by atoms with E-state index in [2.05, 4.69) is 5.10 Å². The number of anilines is 1. The predicted molar refractivity (Wildman–Crippen MR) is 43.7 cm³/mol. The van der Waals surface area contributed by atoms with Gasteiger partial charge in [-0.3, -0.25) is 4.68 Å². The van der Waals surface area contributed by atoms with Gasteiger partial charge in [-0.25, -0.2) is 4.79 Å². The highest BCUT2D eigenvalue weighted by Gasteiger charge is 2.16. The van der Waals surface area contributed by atoms with E-state index in [0.29, 0.717) is 11.4 Å². The molecule has 0 radical (unpaired) electrons. The molecule has 3 N–H and O–H groups in total. The number of hydrogen-bond acceptors (Lipinski definition) is 3. The van der Waals surface area contributed by atoms with Crippen LogP contribution in [0.4, 0.5) is 5.69 Å². The smallest absolute Gasteiger partial charge is 0.328 e. The molecule has 0 aliphatic rings. The molecule has 0 aliphatic carbocycles. The second kappa shape index (κ2) is 2.84. The maximum atomic E-state index is 10.6. The quantitative estimate of drug-likeness (QED) is 0.672. The number of nitrogens with zero attached hydrogens (tertiary/aromatic N) is 2. The highest BCUT2D eigenvalue weighted by atomic mass is 16.4. The predicted octanol–water partition coefficient (Wildman–Crippen LogP) is 0.419. The molecule has 1 atom stereocenters. The lowest BCUT2D eigenvalue weighted by Gasteiger charge is -2.08. The van der Waals surface area contributed by atoms with Gasteiger partial charge in [0.1, 0.15) is 6.04 Å². The van der Waals surface area contributed by atoms with Crippen molar-refractivity contribution in [1.29, 1.82) is 0 Å². The van der Waals surface area contributed by atoms with E-state index in [9.17, 15) is 4.79 Å². The van der Waals surface area contributed by atoms with Crippen LogP contribution in [0.15, 0.2) is 6.20 Å². The first-order valence-corrected chi connectivity index (χ1v) is 3.56. The summed E-state index contributed by atoms with van der Waals surface area (Å²) in [5, 5.41) is 12.5. The zero-order chi connectivity index (χ0) is 9.30. The van der Waals surface area contributed by atoms with Gasteiger partial charge < -0.3 is 10.8 Å². The molecule has 0 unspecified atom stereocenters. The Bertz CT molecular complexity index is 306. The van der Waals surface area contributed by atoms with Crippen LogP contribution in [0.5, 0.6) is 0 Å². The van der Waals surface area contributed by atoms with Crippen molar-refractivity contribution in [3.05, 3.63) is 11.9 Å². The zero-order valence-corrected chi connectivity index (χ0v) is 6.98. The summed E-state index contributed by atoms with van der Waals surface area (Å²) >= 11 is 0. The molecule has 66 valence electrons. The first-order valence-electron chi connectivity index (χ1n) is 3.56. The van der Waals surface area contributed by atoms with Gasteiger partial charge in [-0.1, -0.05) is 0 Å². The molecule has 1 rings (SSSR count). The van der Waals surface area contributed by atoms with Gasteiger partial charge in [-0.15, -0.1) is 0 Å². The summed E-state index contributed by atoms with van der Waals surface area (Å²) in [6.07, 6.45) is 1.45. The fraction of sp³-hybridized carbons (Fsp3) is 0.429. The monoisotopic (exact) mass is 169 g/mol. The Balaban J connectivity index is 3.03. The van der Waals surface area contributed by atoms with E-state index in [4.69, 9.17) is 10.8 Å². The van der Waals surface area contributed by atoms with Crippen molar-refractivity contribution in [3.8, 4) is 0 Å². The Morgan fingerprint density at radius 2 is 2.42 bits per heavy atom. The van der Waals surface area contributed by atoms with E-state index in [-0.39, 0.29) is 0 Å². The summed E-state index contributed by atoms with van der Waals surface area (Å²) in [5.74, 6) is -0.916. The highest BCUT2D eigenvalue weighted by molar-refractivity contribution is 5.71. The number of nitrogen functional groups attached to an aromatic ring is 1. The number of aliphatic carboxylic acids is 1. The fourth-order valence-electron chi connectivity index (χ4n) is 0.932. The summed E-state index contributed by atoms with van der Waals surface area (Å²) in [6.45, 7) is 3.30. The van der Waals surface area contributed by atoms with Gasteiger partial charge in [0, 0.05) is 0 Å². The number of rotatable bonds is 2. The molecule has 0 aromatic carbocycles. The normalized spacial score (nSPS) is 12.8. The van der Waals surface area contributed by atoms with Gasteiger partial charge in [0.2, 0.25) is 0 Å². The minimum absolute atomic E-state index is 0.517. The van der Waals surface area contributed by atoms with Gasteiger partial charge in [0.15, 0.2) is 0 Å². The maximum Gasteiger partial charge on any atom is 0.328 e. The van der Waals surface area contributed by atoms with Crippen molar-refractivity contribution in [2.45, 2.75) is 19.9 Å². The Hall–Kier alpha value is -1.52. The first kappa shape index (κ1) is 8.58. The molecule has 0 saturated heterocycles. The topological polar surface area (TPSA) is 81.1 Å². The Morgan fingerprint density at radius 3 is 2.75 bits per heavy atom. The third kappa shape index (κ3) is 1.25. The Labute approximate surface area is 69.8 Å². The van der Waals surface area contributed by atoms with Gasteiger partial charge in [-0.05, 0) is 13.8 Å². The second-order valence-electron chi connectivity index (χ2n) is 2.64. The van der Waals surface area contributed by atoms with Crippen molar-refractivity contribution in [1.82, 2.24) is 9.78 Å². The average Bonchev–Trinajstić information content (AvgIpc) is 2.32. The molecule has 0 amide bonds. The van der Waals surface area contributed by atoms with Crippen molar-refractivity contribution in [3.63, 3.8) is 0 Å². The molecular formula is C7H11N3O2. The van der Waals surface area contributed by atoms with E-state index in [1.165, 1.54) is 10.9 Å². The molecule has 0 bridgehead atoms. The van der Waals surface area contributed by atoms with Crippen molar-refractivity contribution < 1.29 is 9.90 Å². The largest absolute Gasteiger partial charge is 0.480 e. The number of carbonyl (C=O) groups is 1. The van der Waals surface area contributed by atoms with Crippen molar-refractivity contribution in [2.75, 3.05) is 5.73 Å². The molecule has 0 spiro atoms. The zero-order valence-electron chi connectivity index (χ0n) is 6.98. The first-order chi connectivity index (χ1) is 5.54. The molecule has 0 fully saturated rings. The molecule has 1 aromatic rings. The summed E-state index contributed by atoms with van der Waals surface area (Å²) in [5.41, 5.74) is 6.70. The Kier molecular flexibility index (Phi) is 2.03. The molecule has 1 heterocycles. The molecule has 1 aromatic heterocycles. The van der Waals surface area contributed by atoms with E-state index in [1.807, 2.05) is 0 Å². The van der Waals surface area contributed by atoms with Crippen LogP contribution in [0.1, 0.15) is 18.7 Å². The van der Waals surface area contributed by atoms with E-state index in [0.717, 1.165) is 0 Å². The van der Waals surface area contributed by atoms with Crippen LogP contribution in [-0.4, -0.2) is 20.9 Å². The van der Waals surface area contributed by atoms with Crippen LogP contribution in [0, 0.1) is 6.92 Å². The van der Waals surface area contributed by atoms with Crippen LogP contribution in [0.25, 0.3) is 0 Å². The van der Waals surface area contributed by atoms with E-state index >= 15 is 0 Å². The minimum atomic E-state index is -0.916. The summed E-state index contributed by atoms with van der Waals surface area (Å²) < 4.78 is 1.39. The molecule has 5 nitrogen and oxygen atoms in total. The summed E-state index contributed by atoms with van der Waals surface area (Å²) in [4.78, 5) is 10.6. The van der Waals surface area contributed by atoms with Crippen molar-refractivity contribution >= 4 is 11.7 Å². The third-order valence-electron chi connectivity index (χ3n) is 1.81. The van der Waals surface area contributed by atoms with Gasteiger partial charge in [0.05, 0.1) is 17.6 Å². The lowest BCUT2D eigenvalue weighted by Crippen LogP contribution is -2.17. The number of hydrogen-bond donors (Lipinski definition) is 2. The van der Waals surface area contributed by atoms with Crippen LogP contribution in [-0.2, 0) is 4.79 Å². The van der Waals surface area contributed by atoms with Crippen LogP contribution < -0.4 is 5.73 Å². The number of carboxylic acid groups (broad SMARTS) is 1. The average molecular weight is 169 g/mol. The standard InChI is InChI=1S/C7H11N3O2/c1-4-6(8)3-9-10(4)5(2)7(11)12/h3,5H,8H2,1-2H3,(H,11,12)/t5-/m0/s1. The third-order valence-corrected chi connectivity index (χ3v) is 1.81. The minimum Gasteiger partial charge on any atom is -0.480 e. The number of carboxylic acids is 1. The molecular weight excluding hydrogens is 158 g/mol. The Morgan fingerprint density at radius 1 is 1.83 bits per heavy atom. The van der Waals surface area contributed by atoms with Gasteiger partial charge in [0.25, 0.3) is 0 Å². The van der Waals surface area contributed by atoms with E-state index in [1.54, 1.807) is 13.8 Å². The lowest BCUT2D eigenvalue weighted by molar-refractivity contribution is -0.140. The highest BCUT2D eigenvalue weighted by Crippen LogP contribution is 2.14. The van der Waals surface area contributed by atoms with Crippen LogP contribution in [0.3, 0.4) is 0 Å². The SMILES string of the molecule is Cc1c(N)cnn1[C@@H](C)C(=O)O. The molecule has 0 aliphatic heterocycles. The van der Waals surface area contributed by atoms with Crippen LogP contribution >= 0.6 is 0 Å². The number of aromatic nitrogens is 2. The van der Waals surface area contributed by atoms with Gasteiger partial charge >= 0.3 is 5.97 Å². The lowest BCUT2D eigenvalue weighted by atomic mass is 10.3. The molecule has 0 saturated carbocycles. The fourth-order valence-corrected chi connectivity index (χ4v) is 0.932. The van der Waals surface area contributed by atoms with E-state index < -0.39 is 12.0 Å². The second-order valence-corrected chi connectivity index (χ2v) is 2.64. The van der Waals surface area contributed by atoms with Crippen molar-refractivity contribution in [2.24, 2.45) is 0 Å². The van der Waals surface area contributed by atoms with Gasteiger partial charge in [-0.2, -0.15) is 5.10 Å². The molecule has 12 heavy (non-hydrogen) atoms. The number of nitrogens with two attached hydrogens (primary N) is 1. The molecule has 5 heteroatoms.